The molecule has 0 saturated heterocycles. The van der Waals surface area contributed by atoms with Crippen LogP contribution in [0, 0.1) is 0 Å². The number of benzene rings is 1. The van der Waals surface area contributed by atoms with Crippen LogP contribution in [0.4, 0.5) is 0 Å². The van der Waals surface area contributed by atoms with Gasteiger partial charge in [0.1, 0.15) is 5.76 Å². The lowest BCUT2D eigenvalue weighted by molar-refractivity contribution is -0.150. The molecule has 1 aromatic rings. The van der Waals surface area contributed by atoms with Crippen LogP contribution in [0.15, 0.2) is 53.8 Å². The predicted octanol–water partition coefficient (Wildman–Crippen LogP) is 2.06. The average molecular weight is 260 g/mol. The minimum atomic E-state index is -1.41. The molecule has 1 aliphatic carbocycles. The number of rotatable bonds is 4. The van der Waals surface area contributed by atoms with E-state index < -0.39 is 5.79 Å². The minimum absolute atomic E-state index is 0.115. The fourth-order valence-electron chi connectivity index (χ4n) is 1.96. The molecule has 4 nitrogen and oxygen atoms in total. The summed E-state index contributed by atoms with van der Waals surface area (Å²) in [5.41, 5.74) is 1.02. The van der Waals surface area contributed by atoms with E-state index >= 15 is 0 Å². The van der Waals surface area contributed by atoms with E-state index in [-0.39, 0.29) is 12.2 Å². The van der Waals surface area contributed by atoms with Gasteiger partial charge in [0.05, 0.1) is 19.1 Å². The van der Waals surface area contributed by atoms with E-state index in [2.05, 4.69) is 0 Å². The molecule has 0 fully saturated rings. The zero-order chi connectivity index (χ0) is 13.9. The van der Waals surface area contributed by atoms with Gasteiger partial charge in [-0.2, -0.15) is 0 Å². The third-order valence-corrected chi connectivity index (χ3v) is 3.11. The quantitative estimate of drug-likeness (QED) is 0.665. The summed E-state index contributed by atoms with van der Waals surface area (Å²) in [5, 5.41) is 10.0. The number of ether oxygens (including phenoxy) is 2. The molecule has 1 N–H and O–H groups in total. The van der Waals surface area contributed by atoms with Gasteiger partial charge >= 0.3 is 0 Å². The largest absolute Gasteiger partial charge is 0.500 e. The van der Waals surface area contributed by atoms with Gasteiger partial charge in [0, 0.05) is 12.7 Å². The van der Waals surface area contributed by atoms with E-state index in [1.165, 1.54) is 20.3 Å². The number of hydrogen-bond acceptors (Lipinski definition) is 4. The Kier molecular flexibility index (Phi) is 3.83. The molecule has 0 radical (unpaired) electrons. The molecular formula is C15H16O4. The van der Waals surface area contributed by atoms with Crippen LogP contribution in [-0.2, 0) is 9.47 Å². The normalized spacial score (nSPS) is 22.5. The average Bonchev–Trinajstić information content (AvgIpc) is 2.47. The third kappa shape index (κ3) is 2.75. The van der Waals surface area contributed by atoms with E-state index in [9.17, 15) is 9.90 Å². The van der Waals surface area contributed by atoms with Crippen LogP contribution in [0.25, 0.3) is 0 Å². The molecule has 0 heterocycles. The third-order valence-electron chi connectivity index (χ3n) is 3.11. The molecule has 1 aliphatic rings. The number of allylic oxidation sites excluding steroid dienone is 2. The first-order valence-electron chi connectivity index (χ1n) is 5.93. The van der Waals surface area contributed by atoms with Crippen LogP contribution in [0.1, 0.15) is 16.8 Å². The maximum atomic E-state index is 12.4. The molecule has 4 heteroatoms. The molecule has 0 bridgehead atoms. The van der Waals surface area contributed by atoms with Crippen molar-refractivity contribution in [2.45, 2.75) is 12.2 Å². The van der Waals surface area contributed by atoms with E-state index in [4.69, 9.17) is 9.47 Å². The fraction of sp³-hybridized carbons (Fsp3) is 0.267. The van der Waals surface area contributed by atoms with Crippen molar-refractivity contribution >= 4 is 5.78 Å². The Morgan fingerprint density at radius 2 is 1.95 bits per heavy atom. The Balaban J connectivity index is 2.34. The van der Waals surface area contributed by atoms with E-state index in [0.717, 1.165) is 0 Å². The molecular weight excluding hydrogens is 244 g/mol. The summed E-state index contributed by atoms with van der Waals surface area (Å²) < 4.78 is 10.2. The van der Waals surface area contributed by atoms with Crippen molar-refractivity contribution in [3.63, 3.8) is 0 Å². The monoisotopic (exact) mass is 260 g/mol. The second kappa shape index (κ2) is 5.38. The number of carbonyl (C=O) groups is 1. The van der Waals surface area contributed by atoms with Gasteiger partial charge in [-0.05, 0) is 12.2 Å². The van der Waals surface area contributed by atoms with Crippen LogP contribution >= 0.6 is 0 Å². The molecule has 1 aromatic carbocycles. The van der Waals surface area contributed by atoms with Gasteiger partial charge in [-0.3, -0.25) is 4.79 Å². The van der Waals surface area contributed by atoms with Gasteiger partial charge < -0.3 is 14.6 Å². The molecule has 0 saturated carbocycles. The SMILES string of the molecule is COC1=C(C(=O)c2ccccc2)C=C[C@](O)(OC)C1. The van der Waals surface area contributed by atoms with Crippen molar-refractivity contribution in [2.24, 2.45) is 0 Å². The van der Waals surface area contributed by atoms with Crippen molar-refractivity contribution in [2.75, 3.05) is 14.2 Å². The highest BCUT2D eigenvalue weighted by Gasteiger charge is 2.32. The number of Topliss-reactive ketones (excluding diaryl/α,β-unsaturated/α-hetero) is 1. The second-order valence-corrected chi connectivity index (χ2v) is 4.30. The lowest BCUT2D eigenvalue weighted by atomic mass is 9.94. The van der Waals surface area contributed by atoms with Gasteiger partial charge in [0.25, 0.3) is 0 Å². The lowest BCUT2D eigenvalue weighted by Crippen LogP contribution is -2.32. The molecule has 0 amide bonds. The molecule has 1 atom stereocenters. The van der Waals surface area contributed by atoms with Crippen molar-refractivity contribution in [3.05, 3.63) is 59.4 Å². The Morgan fingerprint density at radius 1 is 1.26 bits per heavy atom. The van der Waals surface area contributed by atoms with Crippen molar-refractivity contribution in [3.8, 4) is 0 Å². The van der Waals surface area contributed by atoms with Crippen LogP contribution in [0.2, 0.25) is 0 Å². The van der Waals surface area contributed by atoms with Gasteiger partial charge in [-0.25, -0.2) is 0 Å². The summed E-state index contributed by atoms with van der Waals surface area (Å²) in [4.78, 5) is 12.4. The van der Waals surface area contributed by atoms with Gasteiger partial charge in [0.15, 0.2) is 11.6 Å². The summed E-state index contributed by atoms with van der Waals surface area (Å²) >= 11 is 0. The van der Waals surface area contributed by atoms with Crippen LogP contribution in [-0.4, -0.2) is 30.9 Å². The Morgan fingerprint density at radius 3 is 2.53 bits per heavy atom. The first-order chi connectivity index (χ1) is 9.09. The van der Waals surface area contributed by atoms with Gasteiger partial charge in [0.2, 0.25) is 0 Å². The standard InChI is InChI=1S/C15H16O4/c1-18-13-10-15(17,19-2)9-8-12(13)14(16)11-6-4-3-5-7-11/h3-9,17H,10H2,1-2H3/t15-/m0/s1. The minimum Gasteiger partial charge on any atom is -0.500 e. The maximum absolute atomic E-state index is 12.4. The zero-order valence-electron chi connectivity index (χ0n) is 10.9. The predicted molar refractivity (Wildman–Crippen MR) is 70.5 cm³/mol. The maximum Gasteiger partial charge on any atom is 0.196 e. The number of hydrogen-bond donors (Lipinski definition) is 1. The van der Waals surface area contributed by atoms with Crippen molar-refractivity contribution < 1.29 is 19.4 Å². The molecule has 2 rings (SSSR count). The zero-order valence-corrected chi connectivity index (χ0v) is 10.9. The van der Waals surface area contributed by atoms with Crippen molar-refractivity contribution in [1.29, 1.82) is 0 Å². The molecule has 19 heavy (non-hydrogen) atoms. The summed E-state index contributed by atoms with van der Waals surface area (Å²) in [6, 6.07) is 8.94. The highest BCUT2D eigenvalue weighted by molar-refractivity contribution is 6.11. The van der Waals surface area contributed by atoms with Crippen molar-refractivity contribution in [1.82, 2.24) is 0 Å². The molecule has 0 aliphatic heterocycles. The molecule has 100 valence electrons. The Labute approximate surface area is 112 Å². The highest BCUT2D eigenvalue weighted by Crippen LogP contribution is 2.29. The Bertz CT molecular complexity index is 530. The molecule has 0 aromatic heterocycles. The van der Waals surface area contributed by atoms with E-state index in [0.29, 0.717) is 16.9 Å². The number of ketones is 1. The van der Waals surface area contributed by atoms with Crippen LogP contribution in [0.5, 0.6) is 0 Å². The number of carbonyl (C=O) groups excluding carboxylic acids is 1. The highest BCUT2D eigenvalue weighted by atomic mass is 16.6. The topological polar surface area (TPSA) is 55.8 Å². The summed E-state index contributed by atoms with van der Waals surface area (Å²) in [6.45, 7) is 0. The van der Waals surface area contributed by atoms with Gasteiger partial charge in [-0.15, -0.1) is 0 Å². The second-order valence-electron chi connectivity index (χ2n) is 4.30. The van der Waals surface area contributed by atoms with Gasteiger partial charge in [-0.1, -0.05) is 30.3 Å². The number of methoxy groups -OCH3 is 2. The van der Waals surface area contributed by atoms with Crippen LogP contribution in [0.3, 0.4) is 0 Å². The molecule has 0 spiro atoms. The fourth-order valence-corrected chi connectivity index (χ4v) is 1.96. The first kappa shape index (κ1) is 13.5. The Hall–Kier alpha value is -1.91. The summed E-state index contributed by atoms with van der Waals surface area (Å²) in [7, 11) is 2.88. The lowest BCUT2D eigenvalue weighted by Gasteiger charge is -2.27. The summed E-state index contributed by atoms with van der Waals surface area (Å²) in [5.74, 6) is -1.13. The first-order valence-corrected chi connectivity index (χ1v) is 5.93. The smallest absolute Gasteiger partial charge is 0.196 e. The van der Waals surface area contributed by atoms with Crippen LogP contribution < -0.4 is 0 Å². The van der Waals surface area contributed by atoms with E-state index in [1.54, 1.807) is 30.3 Å². The summed E-state index contributed by atoms with van der Waals surface area (Å²) in [6.07, 6.45) is 3.12. The number of aliphatic hydroxyl groups is 1. The molecule has 0 unspecified atom stereocenters. The van der Waals surface area contributed by atoms with E-state index in [1.807, 2.05) is 6.07 Å².